The summed E-state index contributed by atoms with van der Waals surface area (Å²) in [4.78, 5) is 15.9. The highest BCUT2D eigenvalue weighted by atomic mass is 19.1. The van der Waals surface area contributed by atoms with Gasteiger partial charge in [-0.3, -0.25) is 4.98 Å². The van der Waals surface area contributed by atoms with E-state index >= 15 is 0 Å². The van der Waals surface area contributed by atoms with Crippen LogP contribution < -0.4 is 5.32 Å². The topological polar surface area (TPSA) is 67.2 Å². The Kier molecular flexibility index (Phi) is 5.66. The van der Waals surface area contributed by atoms with Gasteiger partial charge in [-0.05, 0) is 43.2 Å². The minimum atomic E-state index is -0.938. The number of benzene rings is 1. The maximum atomic E-state index is 13.1. The largest absolute Gasteiger partial charge is 0.478 e. The van der Waals surface area contributed by atoms with E-state index in [2.05, 4.69) is 10.3 Å². The molecular weight excluding hydrogens is 345 g/mol. The number of nitrogens with zero attached hydrogens (tertiary/aromatic N) is 2. The molecule has 2 N–H and O–H groups in total. The van der Waals surface area contributed by atoms with Gasteiger partial charge in [0.25, 0.3) is 0 Å². The summed E-state index contributed by atoms with van der Waals surface area (Å²) < 4.78 is 15.1. The number of carboxylic acid groups (broad SMARTS) is 1. The Morgan fingerprint density at radius 3 is 2.48 bits per heavy atom. The highest BCUT2D eigenvalue weighted by molar-refractivity contribution is 5.91. The van der Waals surface area contributed by atoms with E-state index in [1.807, 2.05) is 30.5 Å². The van der Waals surface area contributed by atoms with Crippen LogP contribution in [0.4, 0.5) is 4.39 Å². The van der Waals surface area contributed by atoms with Gasteiger partial charge < -0.3 is 15.0 Å². The molecular formula is C21H22FN3O2. The number of aromatic carboxylic acids is 1. The van der Waals surface area contributed by atoms with Gasteiger partial charge in [0.2, 0.25) is 0 Å². The zero-order chi connectivity index (χ0) is 19.4. The number of hydrogen-bond acceptors (Lipinski definition) is 3. The molecule has 27 heavy (non-hydrogen) atoms. The lowest BCUT2D eigenvalue weighted by molar-refractivity contribution is 0.0694. The second kappa shape index (κ2) is 8.14. The molecule has 3 aromatic rings. The number of rotatable bonds is 7. The Labute approximate surface area is 157 Å². The number of halogens is 1. The van der Waals surface area contributed by atoms with Crippen molar-refractivity contribution in [3.05, 3.63) is 88.3 Å². The van der Waals surface area contributed by atoms with Crippen molar-refractivity contribution in [1.82, 2.24) is 14.9 Å². The lowest BCUT2D eigenvalue weighted by Gasteiger charge is -2.10. The molecule has 0 atom stereocenters. The smallest absolute Gasteiger partial charge is 0.337 e. The standard InChI is InChI=1S/C21H22FN3O2/c1-14-19(12-24-11-17-4-3-9-23-10-17)20(21(26)27)15(2)25(14)13-16-5-7-18(22)8-6-16/h3-10,24H,11-13H2,1-2H3,(H,26,27). The van der Waals surface area contributed by atoms with Crippen LogP contribution in [0.1, 0.15) is 38.4 Å². The third kappa shape index (κ3) is 4.23. The summed E-state index contributed by atoms with van der Waals surface area (Å²) in [6, 6.07) is 10.1. The normalized spacial score (nSPS) is 10.9. The molecule has 6 heteroatoms. The number of carbonyl (C=O) groups is 1. The summed E-state index contributed by atoms with van der Waals surface area (Å²) in [6.45, 7) is 5.28. The van der Waals surface area contributed by atoms with Crippen LogP contribution in [0.3, 0.4) is 0 Å². The van der Waals surface area contributed by atoms with Gasteiger partial charge in [-0.2, -0.15) is 0 Å². The predicted octanol–water partition coefficient (Wildman–Crippen LogP) is 3.68. The van der Waals surface area contributed by atoms with Crippen molar-refractivity contribution in [3.63, 3.8) is 0 Å². The van der Waals surface area contributed by atoms with Crippen molar-refractivity contribution < 1.29 is 14.3 Å². The summed E-state index contributed by atoms with van der Waals surface area (Å²) in [7, 11) is 0. The summed E-state index contributed by atoms with van der Waals surface area (Å²) in [5.41, 5.74) is 4.65. The molecule has 0 radical (unpaired) electrons. The Balaban J connectivity index is 1.84. The molecule has 0 saturated heterocycles. The van der Waals surface area contributed by atoms with Gasteiger partial charge in [-0.1, -0.05) is 18.2 Å². The molecule has 3 rings (SSSR count). The van der Waals surface area contributed by atoms with E-state index in [-0.39, 0.29) is 5.82 Å². The van der Waals surface area contributed by atoms with Gasteiger partial charge in [-0.15, -0.1) is 0 Å². The number of nitrogens with one attached hydrogen (secondary N) is 1. The van der Waals surface area contributed by atoms with Crippen LogP contribution in [0.5, 0.6) is 0 Å². The van der Waals surface area contributed by atoms with Crippen LogP contribution in [0.2, 0.25) is 0 Å². The predicted molar refractivity (Wildman–Crippen MR) is 101 cm³/mol. The van der Waals surface area contributed by atoms with Gasteiger partial charge in [0.15, 0.2) is 0 Å². The second-order valence-electron chi connectivity index (χ2n) is 6.51. The van der Waals surface area contributed by atoms with E-state index in [0.29, 0.717) is 30.9 Å². The maximum Gasteiger partial charge on any atom is 0.337 e. The fourth-order valence-electron chi connectivity index (χ4n) is 3.29. The number of aromatic nitrogens is 2. The lowest BCUT2D eigenvalue weighted by atomic mass is 10.1. The molecule has 0 aliphatic heterocycles. The minimum absolute atomic E-state index is 0.286. The first-order valence-electron chi connectivity index (χ1n) is 8.73. The average molecular weight is 367 g/mol. The Morgan fingerprint density at radius 2 is 1.85 bits per heavy atom. The van der Waals surface area contributed by atoms with E-state index in [0.717, 1.165) is 22.4 Å². The van der Waals surface area contributed by atoms with Crippen LogP contribution in [0, 0.1) is 19.7 Å². The molecule has 0 spiro atoms. The molecule has 0 aliphatic rings. The van der Waals surface area contributed by atoms with Gasteiger partial charge in [0, 0.05) is 49.0 Å². The molecule has 0 fully saturated rings. The highest BCUT2D eigenvalue weighted by Crippen LogP contribution is 2.24. The van der Waals surface area contributed by atoms with E-state index in [1.54, 1.807) is 24.5 Å². The van der Waals surface area contributed by atoms with Crippen molar-refractivity contribution in [2.45, 2.75) is 33.5 Å². The molecule has 0 bridgehead atoms. The van der Waals surface area contributed by atoms with E-state index < -0.39 is 5.97 Å². The molecule has 2 heterocycles. The molecule has 2 aromatic heterocycles. The zero-order valence-electron chi connectivity index (χ0n) is 15.4. The fourth-order valence-corrected chi connectivity index (χ4v) is 3.29. The molecule has 1 aromatic carbocycles. The molecule has 140 valence electrons. The first-order valence-corrected chi connectivity index (χ1v) is 8.73. The van der Waals surface area contributed by atoms with Gasteiger partial charge in [0.05, 0.1) is 5.56 Å². The fraction of sp³-hybridized carbons (Fsp3) is 0.238. The molecule has 0 amide bonds. The number of hydrogen-bond donors (Lipinski definition) is 2. The third-order valence-corrected chi connectivity index (χ3v) is 4.73. The van der Waals surface area contributed by atoms with Crippen molar-refractivity contribution >= 4 is 5.97 Å². The third-order valence-electron chi connectivity index (χ3n) is 4.73. The maximum absolute atomic E-state index is 13.1. The molecule has 0 aliphatic carbocycles. The Hall–Kier alpha value is -2.99. The SMILES string of the molecule is Cc1c(CNCc2cccnc2)c(C(=O)O)c(C)n1Cc1ccc(F)cc1. The molecule has 0 unspecified atom stereocenters. The van der Waals surface area contributed by atoms with Crippen molar-refractivity contribution in [3.8, 4) is 0 Å². The van der Waals surface area contributed by atoms with E-state index in [9.17, 15) is 14.3 Å². The lowest BCUT2D eigenvalue weighted by Crippen LogP contribution is -2.15. The summed E-state index contributed by atoms with van der Waals surface area (Å²) in [6.07, 6.45) is 3.50. The van der Waals surface area contributed by atoms with Crippen LogP contribution in [0.25, 0.3) is 0 Å². The quantitative estimate of drug-likeness (QED) is 0.669. The minimum Gasteiger partial charge on any atom is -0.478 e. The summed E-state index contributed by atoms with van der Waals surface area (Å²) in [5.74, 6) is -1.22. The van der Waals surface area contributed by atoms with Crippen LogP contribution in [-0.2, 0) is 19.6 Å². The van der Waals surface area contributed by atoms with Crippen molar-refractivity contribution in [2.75, 3.05) is 0 Å². The second-order valence-corrected chi connectivity index (χ2v) is 6.51. The van der Waals surface area contributed by atoms with Crippen molar-refractivity contribution in [2.24, 2.45) is 0 Å². The molecule has 0 saturated carbocycles. The van der Waals surface area contributed by atoms with Gasteiger partial charge >= 0.3 is 5.97 Å². The number of pyridine rings is 1. The van der Waals surface area contributed by atoms with E-state index in [1.165, 1.54) is 12.1 Å². The van der Waals surface area contributed by atoms with Gasteiger partial charge in [0.1, 0.15) is 5.82 Å². The zero-order valence-corrected chi connectivity index (χ0v) is 15.4. The van der Waals surface area contributed by atoms with Crippen molar-refractivity contribution in [1.29, 1.82) is 0 Å². The highest BCUT2D eigenvalue weighted by Gasteiger charge is 2.22. The Bertz CT molecular complexity index is 934. The first-order chi connectivity index (χ1) is 13.0. The Morgan fingerprint density at radius 1 is 1.11 bits per heavy atom. The van der Waals surface area contributed by atoms with Crippen LogP contribution in [0.15, 0.2) is 48.8 Å². The van der Waals surface area contributed by atoms with Crippen LogP contribution in [-0.4, -0.2) is 20.6 Å². The summed E-state index contributed by atoms with van der Waals surface area (Å²) >= 11 is 0. The monoisotopic (exact) mass is 367 g/mol. The average Bonchev–Trinajstić information content (AvgIpc) is 2.89. The molecule has 5 nitrogen and oxygen atoms in total. The first kappa shape index (κ1) is 18.8. The number of carboxylic acids is 1. The van der Waals surface area contributed by atoms with Crippen LogP contribution >= 0.6 is 0 Å². The summed E-state index contributed by atoms with van der Waals surface area (Å²) in [5, 5.41) is 13.0. The van der Waals surface area contributed by atoms with E-state index in [4.69, 9.17) is 0 Å². The van der Waals surface area contributed by atoms with Gasteiger partial charge in [-0.25, -0.2) is 9.18 Å².